The lowest BCUT2D eigenvalue weighted by atomic mass is 10.1. The first-order valence-electron chi connectivity index (χ1n) is 10.0. The molecule has 0 saturated heterocycles. The van der Waals surface area contributed by atoms with Gasteiger partial charge in [-0.05, 0) is 57.4 Å². The second-order valence-corrected chi connectivity index (χ2v) is 7.37. The summed E-state index contributed by atoms with van der Waals surface area (Å²) < 4.78 is 5.38. The standard InChI is InChI=1S/C24H27N3O3/c1-6-18-9-7-8-14(2)21(18)27-23(28)17(5)30-24(29)20-12-10-19(11-13-20)22-25-15(3)16(4)26-22/h7-13,17H,6H2,1-5H3,(H,25,26)(H,27,28). The van der Waals surface area contributed by atoms with Gasteiger partial charge < -0.3 is 15.0 Å². The SMILES string of the molecule is CCc1cccc(C)c1NC(=O)C(C)OC(=O)c1ccc(-c2nc(C)c(C)[nH]2)cc1. The molecule has 3 aromatic rings. The number of hydrogen-bond donors (Lipinski definition) is 2. The third-order valence-electron chi connectivity index (χ3n) is 5.16. The zero-order valence-electron chi connectivity index (χ0n) is 18.0. The first kappa shape index (κ1) is 21.3. The number of amides is 1. The highest BCUT2D eigenvalue weighted by molar-refractivity contribution is 5.98. The van der Waals surface area contributed by atoms with Gasteiger partial charge in [-0.1, -0.05) is 37.3 Å². The van der Waals surface area contributed by atoms with Crippen molar-refractivity contribution in [3.05, 3.63) is 70.5 Å². The number of nitrogens with one attached hydrogen (secondary N) is 2. The molecule has 30 heavy (non-hydrogen) atoms. The molecule has 156 valence electrons. The van der Waals surface area contributed by atoms with Crippen LogP contribution in [0.4, 0.5) is 5.69 Å². The largest absolute Gasteiger partial charge is 0.449 e. The van der Waals surface area contributed by atoms with Gasteiger partial charge in [0.25, 0.3) is 5.91 Å². The summed E-state index contributed by atoms with van der Waals surface area (Å²) in [5, 5.41) is 2.90. The number of aromatic nitrogens is 2. The van der Waals surface area contributed by atoms with E-state index in [1.165, 1.54) is 0 Å². The molecular weight excluding hydrogens is 378 g/mol. The average molecular weight is 405 g/mol. The normalized spacial score (nSPS) is 11.8. The van der Waals surface area contributed by atoms with Crippen LogP contribution in [-0.4, -0.2) is 27.9 Å². The average Bonchev–Trinajstić information content (AvgIpc) is 3.07. The van der Waals surface area contributed by atoms with Crippen molar-refractivity contribution in [1.29, 1.82) is 0 Å². The van der Waals surface area contributed by atoms with Crippen LogP contribution in [0.3, 0.4) is 0 Å². The molecule has 0 aliphatic heterocycles. The Morgan fingerprint density at radius 2 is 1.80 bits per heavy atom. The summed E-state index contributed by atoms with van der Waals surface area (Å²) in [7, 11) is 0. The Bertz CT molecular complexity index is 1050. The van der Waals surface area contributed by atoms with E-state index < -0.39 is 12.1 Å². The Morgan fingerprint density at radius 1 is 1.10 bits per heavy atom. The van der Waals surface area contributed by atoms with Gasteiger partial charge in [-0.15, -0.1) is 0 Å². The van der Waals surface area contributed by atoms with E-state index >= 15 is 0 Å². The predicted molar refractivity (Wildman–Crippen MR) is 118 cm³/mol. The van der Waals surface area contributed by atoms with Gasteiger partial charge in [0.15, 0.2) is 6.10 Å². The zero-order chi connectivity index (χ0) is 21.8. The summed E-state index contributed by atoms with van der Waals surface area (Å²) in [6.45, 7) is 9.44. The van der Waals surface area contributed by atoms with Gasteiger partial charge in [0.1, 0.15) is 5.82 Å². The van der Waals surface area contributed by atoms with Gasteiger partial charge in [-0.25, -0.2) is 9.78 Å². The second kappa shape index (κ2) is 8.95. The Balaban J connectivity index is 1.66. The van der Waals surface area contributed by atoms with Crippen LogP contribution in [0.5, 0.6) is 0 Å². The van der Waals surface area contributed by atoms with Crippen molar-refractivity contribution >= 4 is 17.6 Å². The minimum Gasteiger partial charge on any atom is -0.449 e. The van der Waals surface area contributed by atoms with Crippen LogP contribution < -0.4 is 5.32 Å². The minimum absolute atomic E-state index is 0.356. The molecule has 0 saturated carbocycles. The van der Waals surface area contributed by atoms with Crippen molar-refractivity contribution in [3.8, 4) is 11.4 Å². The molecule has 0 bridgehead atoms. The molecule has 0 radical (unpaired) electrons. The summed E-state index contributed by atoms with van der Waals surface area (Å²) in [5.41, 5.74) is 5.99. The summed E-state index contributed by atoms with van der Waals surface area (Å²) in [6.07, 6.45) is -0.121. The summed E-state index contributed by atoms with van der Waals surface area (Å²) >= 11 is 0. The maximum atomic E-state index is 12.6. The lowest BCUT2D eigenvalue weighted by Gasteiger charge is -2.17. The van der Waals surface area contributed by atoms with Crippen molar-refractivity contribution in [2.45, 2.75) is 47.1 Å². The van der Waals surface area contributed by atoms with E-state index in [0.717, 1.165) is 46.0 Å². The number of ether oxygens (including phenoxy) is 1. The third-order valence-corrected chi connectivity index (χ3v) is 5.16. The molecule has 1 heterocycles. The van der Waals surface area contributed by atoms with E-state index in [1.54, 1.807) is 31.2 Å². The molecular formula is C24H27N3O3. The molecule has 0 fully saturated rings. The van der Waals surface area contributed by atoms with Crippen LogP contribution in [0.1, 0.15) is 46.7 Å². The summed E-state index contributed by atoms with van der Waals surface area (Å²) in [5.74, 6) is -0.148. The first-order chi connectivity index (χ1) is 14.3. The number of esters is 1. The van der Waals surface area contributed by atoms with Gasteiger partial charge in [-0.3, -0.25) is 4.79 Å². The van der Waals surface area contributed by atoms with Crippen LogP contribution in [0.25, 0.3) is 11.4 Å². The molecule has 0 spiro atoms. The van der Waals surface area contributed by atoms with Crippen LogP contribution in [0.2, 0.25) is 0 Å². The highest BCUT2D eigenvalue weighted by Crippen LogP contribution is 2.22. The molecule has 2 N–H and O–H groups in total. The van der Waals surface area contributed by atoms with Crippen molar-refractivity contribution in [2.24, 2.45) is 0 Å². The highest BCUT2D eigenvalue weighted by Gasteiger charge is 2.20. The molecule has 2 aromatic carbocycles. The fourth-order valence-electron chi connectivity index (χ4n) is 3.16. The summed E-state index contributed by atoms with van der Waals surface area (Å²) in [6, 6.07) is 12.8. The molecule has 1 aromatic heterocycles. The molecule has 3 rings (SSSR count). The zero-order valence-corrected chi connectivity index (χ0v) is 18.0. The number of rotatable bonds is 6. The monoisotopic (exact) mass is 405 g/mol. The van der Waals surface area contributed by atoms with Crippen LogP contribution in [0.15, 0.2) is 42.5 Å². The number of aryl methyl sites for hydroxylation is 4. The maximum Gasteiger partial charge on any atom is 0.338 e. The maximum absolute atomic E-state index is 12.6. The number of benzene rings is 2. The molecule has 1 amide bonds. The number of anilines is 1. The lowest BCUT2D eigenvalue weighted by molar-refractivity contribution is -0.123. The number of imidazole rings is 1. The molecule has 0 aliphatic rings. The molecule has 1 unspecified atom stereocenters. The number of aromatic amines is 1. The number of carbonyl (C=O) groups is 2. The third kappa shape index (κ3) is 4.59. The van der Waals surface area contributed by atoms with Gasteiger partial charge in [-0.2, -0.15) is 0 Å². The Labute approximate surface area is 176 Å². The van der Waals surface area contributed by atoms with Crippen LogP contribution >= 0.6 is 0 Å². The van der Waals surface area contributed by atoms with E-state index in [9.17, 15) is 9.59 Å². The van der Waals surface area contributed by atoms with E-state index in [-0.39, 0.29) is 5.91 Å². The van der Waals surface area contributed by atoms with Crippen LogP contribution in [-0.2, 0) is 16.0 Å². The number of nitrogens with zero attached hydrogens (tertiary/aromatic N) is 1. The Hall–Kier alpha value is -3.41. The number of para-hydroxylation sites is 1. The van der Waals surface area contributed by atoms with Gasteiger partial charge in [0.2, 0.25) is 0 Å². The topological polar surface area (TPSA) is 84.1 Å². The van der Waals surface area contributed by atoms with Crippen molar-refractivity contribution in [3.63, 3.8) is 0 Å². The number of H-pyrrole nitrogens is 1. The Morgan fingerprint density at radius 3 is 2.40 bits per heavy atom. The van der Waals surface area contributed by atoms with Crippen LogP contribution in [0, 0.1) is 20.8 Å². The predicted octanol–water partition coefficient (Wildman–Crippen LogP) is 4.75. The van der Waals surface area contributed by atoms with E-state index in [0.29, 0.717) is 5.56 Å². The smallest absolute Gasteiger partial charge is 0.338 e. The van der Waals surface area contributed by atoms with Gasteiger partial charge in [0.05, 0.1) is 11.3 Å². The Kier molecular flexibility index (Phi) is 6.35. The second-order valence-electron chi connectivity index (χ2n) is 7.37. The van der Waals surface area contributed by atoms with Crippen molar-refractivity contribution in [2.75, 3.05) is 5.32 Å². The summed E-state index contributed by atoms with van der Waals surface area (Å²) in [4.78, 5) is 32.7. The van der Waals surface area contributed by atoms with Crippen molar-refractivity contribution in [1.82, 2.24) is 9.97 Å². The molecule has 0 aliphatic carbocycles. The first-order valence-corrected chi connectivity index (χ1v) is 10.0. The van der Waals surface area contributed by atoms with Crippen molar-refractivity contribution < 1.29 is 14.3 Å². The van der Waals surface area contributed by atoms with Gasteiger partial charge in [0, 0.05) is 16.9 Å². The van der Waals surface area contributed by atoms with E-state index in [4.69, 9.17) is 4.74 Å². The molecule has 1 atom stereocenters. The molecule has 6 nitrogen and oxygen atoms in total. The fraction of sp³-hybridized carbons (Fsp3) is 0.292. The number of carbonyl (C=O) groups excluding carboxylic acids is 2. The number of hydrogen-bond acceptors (Lipinski definition) is 4. The fourth-order valence-corrected chi connectivity index (χ4v) is 3.16. The van der Waals surface area contributed by atoms with E-state index in [2.05, 4.69) is 15.3 Å². The highest BCUT2D eigenvalue weighted by atomic mass is 16.5. The minimum atomic E-state index is -0.920. The quantitative estimate of drug-likeness (QED) is 0.580. The van der Waals surface area contributed by atoms with Gasteiger partial charge >= 0.3 is 5.97 Å². The molecule has 6 heteroatoms. The van der Waals surface area contributed by atoms with E-state index in [1.807, 2.05) is 45.9 Å². The lowest BCUT2D eigenvalue weighted by Crippen LogP contribution is -2.30.